The van der Waals surface area contributed by atoms with Crippen LogP contribution in [-0.4, -0.2) is 24.0 Å². The number of aromatic nitrogens is 1. The number of hydroxylamine groups is 1. The molecule has 0 spiro atoms. The normalized spacial score (nSPS) is 19.5. The Morgan fingerprint density at radius 3 is 2.82 bits per heavy atom. The van der Waals surface area contributed by atoms with E-state index in [9.17, 15) is 13.6 Å². The molecule has 0 radical (unpaired) electrons. The highest BCUT2D eigenvalue weighted by molar-refractivity contribution is 6.09. The Morgan fingerprint density at radius 1 is 1.14 bits per heavy atom. The summed E-state index contributed by atoms with van der Waals surface area (Å²) in [6, 6.07) is 7.71. The Bertz CT molecular complexity index is 1090. The van der Waals surface area contributed by atoms with Crippen LogP contribution in [0.1, 0.15) is 40.2 Å². The molecule has 1 unspecified atom stereocenters. The van der Waals surface area contributed by atoms with Crippen molar-refractivity contribution in [2.75, 3.05) is 13.1 Å². The molecule has 1 atom stereocenters. The van der Waals surface area contributed by atoms with Gasteiger partial charge >= 0.3 is 0 Å². The number of carbonyl (C=O) groups excluding carboxylic acids is 1. The first kappa shape index (κ1) is 17.3. The van der Waals surface area contributed by atoms with E-state index in [1.165, 1.54) is 18.2 Å². The maximum Gasteiger partial charge on any atom is 0.275 e. The van der Waals surface area contributed by atoms with Crippen LogP contribution >= 0.6 is 0 Å². The van der Waals surface area contributed by atoms with Gasteiger partial charge in [-0.1, -0.05) is 12.1 Å². The lowest BCUT2D eigenvalue weighted by Gasteiger charge is -2.23. The number of benzene rings is 2. The summed E-state index contributed by atoms with van der Waals surface area (Å²) in [6.45, 7) is 1.86. The van der Waals surface area contributed by atoms with Crippen LogP contribution in [0.2, 0.25) is 0 Å². The third-order valence-corrected chi connectivity index (χ3v) is 5.62. The number of aromatic amines is 1. The van der Waals surface area contributed by atoms with Crippen LogP contribution in [0, 0.1) is 11.6 Å². The first-order chi connectivity index (χ1) is 13.6. The molecule has 1 fully saturated rings. The Balaban J connectivity index is 1.63. The number of carbonyl (C=O) groups is 1. The van der Waals surface area contributed by atoms with E-state index in [0.717, 1.165) is 25.9 Å². The molecule has 0 saturated carbocycles. The Morgan fingerprint density at radius 2 is 2.04 bits per heavy atom. The van der Waals surface area contributed by atoms with Gasteiger partial charge in [-0.3, -0.25) is 9.63 Å². The van der Waals surface area contributed by atoms with Crippen molar-refractivity contribution in [3.8, 4) is 11.3 Å². The smallest absolute Gasteiger partial charge is 0.275 e. The molecular weight excluding hydrogens is 364 g/mol. The highest BCUT2D eigenvalue weighted by Crippen LogP contribution is 2.36. The van der Waals surface area contributed by atoms with Gasteiger partial charge in [0.2, 0.25) is 0 Å². The van der Waals surface area contributed by atoms with E-state index in [-0.39, 0.29) is 23.9 Å². The molecule has 3 N–H and O–H groups in total. The molecule has 1 saturated heterocycles. The highest BCUT2D eigenvalue weighted by Gasteiger charge is 2.25. The summed E-state index contributed by atoms with van der Waals surface area (Å²) in [5, 5.41) is 3.91. The minimum absolute atomic E-state index is 0.107. The third-order valence-electron chi connectivity index (χ3n) is 5.62. The van der Waals surface area contributed by atoms with Crippen LogP contribution < -0.4 is 10.8 Å². The number of nitrogens with one attached hydrogen (secondary N) is 3. The van der Waals surface area contributed by atoms with E-state index in [4.69, 9.17) is 4.84 Å². The lowest BCUT2D eigenvalue weighted by molar-refractivity contribution is 0.0255. The lowest BCUT2D eigenvalue weighted by atomic mass is 9.90. The van der Waals surface area contributed by atoms with Gasteiger partial charge in [0, 0.05) is 28.6 Å². The Hall–Kier alpha value is -2.77. The number of amides is 1. The van der Waals surface area contributed by atoms with Gasteiger partial charge in [0.05, 0.1) is 11.3 Å². The molecule has 2 aliphatic rings. The van der Waals surface area contributed by atoms with Gasteiger partial charge in [0.25, 0.3) is 5.91 Å². The molecule has 3 heterocycles. The molecule has 144 valence electrons. The van der Waals surface area contributed by atoms with Crippen molar-refractivity contribution in [2.24, 2.45) is 0 Å². The average molecular weight is 383 g/mol. The second-order valence-corrected chi connectivity index (χ2v) is 7.35. The van der Waals surface area contributed by atoms with Crippen LogP contribution in [0.25, 0.3) is 22.2 Å². The van der Waals surface area contributed by atoms with Crippen molar-refractivity contribution in [1.82, 2.24) is 15.8 Å². The third kappa shape index (κ3) is 2.78. The molecule has 1 aromatic heterocycles. The maximum atomic E-state index is 14.9. The van der Waals surface area contributed by atoms with Gasteiger partial charge in [0.1, 0.15) is 18.2 Å². The average Bonchev–Trinajstić information content (AvgIpc) is 2.97. The van der Waals surface area contributed by atoms with Crippen molar-refractivity contribution < 1.29 is 18.4 Å². The standard InChI is InChI=1S/C21H19F2N3O2/c22-13-7-15-19-16(10-28-26-21(15)27)20(25-18(19)8-13)11-3-4-14(17(23)6-11)12-2-1-5-24-9-12/h3-4,6-8,12,24-25H,1-2,5,9-10H2,(H,26,27). The first-order valence-corrected chi connectivity index (χ1v) is 9.38. The zero-order chi connectivity index (χ0) is 19.3. The monoisotopic (exact) mass is 383 g/mol. The van der Waals surface area contributed by atoms with E-state index in [0.29, 0.717) is 33.3 Å². The summed E-state index contributed by atoms with van der Waals surface area (Å²) in [6.07, 6.45) is 2.00. The van der Waals surface area contributed by atoms with Gasteiger partial charge in [-0.05, 0) is 49.1 Å². The van der Waals surface area contributed by atoms with Gasteiger partial charge in [-0.25, -0.2) is 14.3 Å². The molecule has 2 aromatic carbocycles. The maximum absolute atomic E-state index is 14.9. The molecule has 0 aliphatic carbocycles. The molecule has 7 heteroatoms. The fourth-order valence-electron chi connectivity index (χ4n) is 4.30. The van der Waals surface area contributed by atoms with Gasteiger partial charge in [-0.2, -0.15) is 0 Å². The SMILES string of the molecule is O=C1NOCc2c(-c3ccc(C4CCCNC4)c(F)c3)[nH]c3cc(F)cc1c23. The molecular formula is C21H19F2N3O2. The van der Waals surface area contributed by atoms with Crippen LogP contribution in [0.4, 0.5) is 8.78 Å². The molecule has 5 rings (SSSR count). The summed E-state index contributed by atoms with van der Waals surface area (Å²) < 4.78 is 28.9. The van der Waals surface area contributed by atoms with Gasteiger partial charge in [0.15, 0.2) is 0 Å². The number of hydrogen-bond acceptors (Lipinski definition) is 3. The number of piperidine rings is 1. The van der Waals surface area contributed by atoms with Crippen molar-refractivity contribution in [3.63, 3.8) is 0 Å². The fourth-order valence-corrected chi connectivity index (χ4v) is 4.30. The van der Waals surface area contributed by atoms with Crippen molar-refractivity contribution in [1.29, 1.82) is 0 Å². The summed E-state index contributed by atoms with van der Waals surface area (Å²) in [5.74, 6) is -1.12. The highest BCUT2D eigenvalue weighted by atomic mass is 19.1. The largest absolute Gasteiger partial charge is 0.354 e. The van der Waals surface area contributed by atoms with E-state index in [1.807, 2.05) is 12.1 Å². The molecule has 5 nitrogen and oxygen atoms in total. The summed E-state index contributed by atoms with van der Waals surface area (Å²) in [4.78, 5) is 20.6. The predicted octanol–water partition coefficient (Wildman–Crippen LogP) is 3.76. The zero-order valence-electron chi connectivity index (χ0n) is 15.1. The zero-order valence-corrected chi connectivity index (χ0v) is 15.1. The van der Waals surface area contributed by atoms with Crippen LogP contribution in [0.5, 0.6) is 0 Å². The van der Waals surface area contributed by atoms with Crippen molar-refractivity contribution >= 4 is 16.8 Å². The van der Waals surface area contributed by atoms with Crippen molar-refractivity contribution in [2.45, 2.75) is 25.4 Å². The predicted molar refractivity (Wildman–Crippen MR) is 101 cm³/mol. The Kier molecular flexibility index (Phi) is 4.14. The second-order valence-electron chi connectivity index (χ2n) is 7.35. The first-order valence-electron chi connectivity index (χ1n) is 9.38. The molecule has 3 aromatic rings. The van der Waals surface area contributed by atoms with E-state index in [2.05, 4.69) is 15.8 Å². The lowest BCUT2D eigenvalue weighted by Crippen LogP contribution is -2.28. The summed E-state index contributed by atoms with van der Waals surface area (Å²) >= 11 is 0. The topological polar surface area (TPSA) is 66.2 Å². The number of rotatable bonds is 2. The second kappa shape index (κ2) is 6.68. The van der Waals surface area contributed by atoms with E-state index < -0.39 is 11.7 Å². The molecule has 0 bridgehead atoms. The van der Waals surface area contributed by atoms with Gasteiger partial charge < -0.3 is 10.3 Å². The summed E-state index contributed by atoms with van der Waals surface area (Å²) in [7, 11) is 0. The van der Waals surface area contributed by atoms with E-state index >= 15 is 0 Å². The minimum atomic E-state index is -0.523. The Labute approximate surface area is 160 Å². The van der Waals surface area contributed by atoms with Crippen LogP contribution in [0.3, 0.4) is 0 Å². The fraction of sp³-hybridized carbons (Fsp3) is 0.286. The molecule has 2 aliphatic heterocycles. The van der Waals surface area contributed by atoms with Crippen LogP contribution in [-0.2, 0) is 11.4 Å². The molecule has 1 amide bonds. The van der Waals surface area contributed by atoms with Gasteiger partial charge in [-0.15, -0.1) is 0 Å². The van der Waals surface area contributed by atoms with E-state index in [1.54, 1.807) is 0 Å². The number of halogens is 2. The molecule has 28 heavy (non-hydrogen) atoms. The van der Waals surface area contributed by atoms with Crippen LogP contribution in [0.15, 0.2) is 30.3 Å². The number of H-pyrrole nitrogens is 1. The quantitative estimate of drug-likeness (QED) is 0.631. The minimum Gasteiger partial charge on any atom is -0.354 e. The summed E-state index contributed by atoms with van der Waals surface area (Å²) in [5.41, 5.74) is 5.68. The van der Waals surface area contributed by atoms with Crippen molar-refractivity contribution in [3.05, 3.63) is 58.7 Å². The number of hydrogen-bond donors (Lipinski definition) is 3.